The van der Waals surface area contributed by atoms with E-state index in [0.29, 0.717) is 13.0 Å². The fraction of sp³-hybridized carbons (Fsp3) is 0.857. The van der Waals surface area contributed by atoms with Crippen LogP contribution in [0.1, 0.15) is 65.2 Å². The van der Waals surface area contributed by atoms with Gasteiger partial charge < -0.3 is 9.84 Å². The molecule has 0 aromatic heterocycles. The third-order valence-electron chi connectivity index (χ3n) is 2.91. The van der Waals surface area contributed by atoms with E-state index in [2.05, 4.69) is 13.8 Å². The van der Waals surface area contributed by atoms with Crippen molar-refractivity contribution < 1.29 is 19.4 Å². The van der Waals surface area contributed by atoms with Crippen molar-refractivity contribution >= 4 is 12.2 Å². The van der Waals surface area contributed by atoms with Gasteiger partial charge in [-0.2, -0.15) is 0 Å². The predicted molar refractivity (Wildman–Crippen MR) is 74.4 cm³/mol. The van der Waals surface area contributed by atoms with Crippen LogP contribution in [0.2, 0.25) is 0 Å². The number of rotatable bonds is 10. The number of carbonyl (C=O) groups is 2. The Morgan fingerprint density at radius 3 is 2.11 bits per heavy atom. The van der Waals surface area contributed by atoms with E-state index in [4.69, 9.17) is 9.84 Å². The van der Waals surface area contributed by atoms with E-state index < -0.39 is 12.2 Å². The molecular weight excluding hydrogens is 246 g/mol. The average molecular weight is 273 g/mol. The Morgan fingerprint density at radius 1 is 0.947 bits per heavy atom. The summed E-state index contributed by atoms with van der Waals surface area (Å²) in [5.41, 5.74) is 0. The maximum absolute atomic E-state index is 11.6. The smallest absolute Gasteiger partial charge is 0.419 e. The number of amides is 2. The Labute approximate surface area is 115 Å². The number of unbranched alkanes of at least 4 members (excludes halogenated alkanes) is 6. The van der Waals surface area contributed by atoms with Crippen LogP contribution in [0.4, 0.5) is 9.59 Å². The first-order valence-electron chi connectivity index (χ1n) is 7.30. The molecule has 0 aromatic carbocycles. The summed E-state index contributed by atoms with van der Waals surface area (Å²) in [5, 5.41) is 8.97. The minimum absolute atomic E-state index is 0.228. The van der Waals surface area contributed by atoms with Gasteiger partial charge in [-0.05, 0) is 12.8 Å². The minimum atomic E-state index is -1.23. The van der Waals surface area contributed by atoms with E-state index in [1.54, 1.807) is 0 Å². The molecule has 0 unspecified atom stereocenters. The quantitative estimate of drug-likeness (QED) is 0.604. The van der Waals surface area contributed by atoms with E-state index in [0.717, 1.165) is 49.8 Å². The van der Waals surface area contributed by atoms with Crippen LogP contribution in [-0.4, -0.2) is 35.3 Å². The normalized spacial score (nSPS) is 10.2. The van der Waals surface area contributed by atoms with E-state index >= 15 is 0 Å². The maximum Gasteiger partial charge on any atom is 0.419 e. The molecule has 19 heavy (non-hydrogen) atoms. The largest absolute Gasteiger partial charge is 0.465 e. The summed E-state index contributed by atoms with van der Waals surface area (Å²) in [5.74, 6) is 0. The second kappa shape index (κ2) is 11.8. The van der Waals surface area contributed by atoms with Gasteiger partial charge in [-0.3, -0.25) is 0 Å². The van der Waals surface area contributed by atoms with E-state index in [1.165, 1.54) is 0 Å². The highest BCUT2D eigenvalue weighted by Gasteiger charge is 2.21. The number of nitrogens with zero attached hydrogens (tertiary/aromatic N) is 1. The SMILES string of the molecule is CCCCCCCN(C(=O)O)C(=O)OCCCCC. The lowest BCUT2D eigenvalue weighted by Gasteiger charge is -2.16. The molecule has 5 nitrogen and oxygen atoms in total. The Kier molecular flexibility index (Phi) is 11.0. The van der Waals surface area contributed by atoms with Crippen molar-refractivity contribution in [1.82, 2.24) is 4.90 Å². The first-order valence-corrected chi connectivity index (χ1v) is 7.30. The zero-order valence-corrected chi connectivity index (χ0v) is 12.2. The topological polar surface area (TPSA) is 66.8 Å². The highest BCUT2D eigenvalue weighted by atomic mass is 16.6. The average Bonchev–Trinajstić information content (AvgIpc) is 2.38. The van der Waals surface area contributed by atoms with Gasteiger partial charge in [0.15, 0.2) is 0 Å². The summed E-state index contributed by atoms with van der Waals surface area (Å²) in [6.45, 7) is 4.71. The number of carbonyl (C=O) groups excluding carboxylic acids is 1. The lowest BCUT2D eigenvalue weighted by Crippen LogP contribution is -2.37. The van der Waals surface area contributed by atoms with Crippen molar-refractivity contribution in [2.75, 3.05) is 13.2 Å². The van der Waals surface area contributed by atoms with Gasteiger partial charge in [0.05, 0.1) is 6.61 Å². The summed E-state index contributed by atoms with van der Waals surface area (Å²) in [4.78, 5) is 23.3. The Balaban J connectivity index is 3.89. The molecule has 0 saturated carbocycles. The maximum atomic E-state index is 11.6. The fourth-order valence-electron chi connectivity index (χ4n) is 1.73. The molecule has 0 aliphatic rings. The molecule has 0 atom stereocenters. The minimum Gasteiger partial charge on any atom is -0.465 e. The zero-order valence-electron chi connectivity index (χ0n) is 12.2. The number of imide groups is 1. The predicted octanol–water partition coefficient (Wildman–Crippen LogP) is 4.26. The number of ether oxygens (including phenoxy) is 1. The molecular formula is C14H27NO4. The summed E-state index contributed by atoms with van der Waals surface area (Å²) in [7, 11) is 0. The van der Waals surface area contributed by atoms with E-state index in [9.17, 15) is 9.59 Å². The van der Waals surface area contributed by atoms with Crippen LogP contribution < -0.4 is 0 Å². The van der Waals surface area contributed by atoms with Gasteiger partial charge in [0.2, 0.25) is 0 Å². The van der Waals surface area contributed by atoms with Crippen molar-refractivity contribution in [3.05, 3.63) is 0 Å². The first-order chi connectivity index (χ1) is 9.13. The molecule has 0 aromatic rings. The van der Waals surface area contributed by atoms with Gasteiger partial charge in [0.25, 0.3) is 0 Å². The Bertz CT molecular complexity index is 256. The third kappa shape index (κ3) is 9.33. The fourth-order valence-corrected chi connectivity index (χ4v) is 1.73. The molecule has 0 aliphatic heterocycles. The molecule has 0 radical (unpaired) electrons. The summed E-state index contributed by atoms with van der Waals surface area (Å²) in [6, 6.07) is 0. The van der Waals surface area contributed by atoms with Crippen LogP contribution in [-0.2, 0) is 4.74 Å². The first kappa shape index (κ1) is 17.7. The van der Waals surface area contributed by atoms with Crippen LogP contribution >= 0.6 is 0 Å². The van der Waals surface area contributed by atoms with Crippen LogP contribution in [0.5, 0.6) is 0 Å². The lowest BCUT2D eigenvalue weighted by molar-refractivity contribution is 0.0925. The van der Waals surface area contributed by atoms with E-state index in [-0.39, 0.29) is 6.54 Å². The van der Waals surface area contributed by atoms with Gasteiger partial charge in [-0.25, -0.2) is 14.5 Å². The van der Waals surface area contributed by atoms with Gasteiger partial charge in [0.1, 0.15) is 0 Å². The highest BCUT2D eigenvalue weighted by Crippen LogP contribution is 2.06. The molecule has 1 N–H and O–H groups in total. The number of carboxylic acid groups (broad SMARTS) is 1. The number of hydrogen-bond acceptors (Lipinski definition) is 3. The third-order valence-corrected chi connectivity index (χ3v) is 2.91. The lowest BCUT2D eigenvalue weighted by atomic mass is 10.1. The van der Waals surface area contributed by atoms with Crippen molar-refractivity contribution in [2.45, 2.75) is 65.2 Å². The molecule has 0 saturated heterocycles. The summed E-state index contributed by atoms with van der Waals surface area (Å²) >= 11 is 0. The molecule has 2 amide bonds. The van der Waals surface area contributed by atoms with Crippen molar-refractivity contribution in [2.24, 2.45) is 0 Å². The van der Waals surface area contributed by atoms with Crippen LogP contribution in [0.15, 0.2) is 0 Å². The molecule has 0 rings (SSSR count). The van der Waals surface area contributed by atoms with Gasteiger partial charge >= 0.3 is 12.2 Å². The Hall–Kier alpha value is -1.26. The molecule has 5 heteroatoms. The second-order valence-corrected chi connectivity index (χ2v) is 4.67. The Morgan fingerprint density at radius 2 is 1.53 bits per heavy atom. The highest BCUT2D eigenvalue weighted by molar-refractivity contribution is 5.86. The van der Waals surface area contributed by atoms with Crippen LogP contribution in [0.3, 0.4) is 0 Å². The molecule has 0 heterocycles. The molecule has 0 bridgehead atoms. The van der Waals surface area contributed by atoms with Crippen molar-refractivity contribution in [3.63, 3.8) is 0 Å². The monoisotopic (exact) mass is 273 g/mol. The van der Waals surface area contributed by atoms with Crippen molar-refractivity contribution in [3.8, 4) is 0 Å². The zero-order chi connectivity index (χ0) is 14.5. The van der Waals surface area contributed by atoms with Crippen LogP contribution in [0.25, 0.3) is 0 Å². The molecule has 0 fully saturated rings. The van der Waals surface area contributed by atoms with Gasteiger partial charge in [0, 0.05) is 6.54 Å². The van der Waals surface area contributed by atoms with Crippen LogP contribution in [0, 0.1) is 0 Å². The van der Waals surface area contributed by atoms with Gasteiger partial charge in [-0.1, -0.05) is 52.4 Å². The molecule has 0 spiro atoms. The standard InChI is InChI=1S/C14H27NO4/c1-3-5-7-8-9-11-15(13(16)17)14(18)19-12-10-6-4-2/h3-12H2,1-2H3,(H,16,17). The second-order valence-electron chi connectivity index (χ2n) is 4.67. The summed E-state index contributed by atoms with van der Waals surface area (Å²) < 4.78 is 4.95. The van der Waals surface area contributed by atoms with E-state index in [1.807, 2.05) is 0 Å². The van der Waals surface area contributed by atoms with Gasteiger partial charge in [-0.15, -0.1) is 0 Å². The number of hydrogen-bond donors (Lipinski definition) is 1. The van der Waals surface area contributed by atoms with Crippen molar-refractivity contribution in [1.29, 1.82) is 0 Å². The summed E-state index contributed by atoms with van der Waals surface area (Å²) in [6.07, 6.45) is 5.86. The molecule has 0 aliphatic carbocycles. The molecule has 112 valence electrons.